The number of rotatable bonds is 4. The molecule has 0 spiro atoms. The normalized spacial score (nSPS) is 10.4. The van der Waals surface area contributed by atoms with Gasteiger partial charge in [-0.25, -0.2) is 0 Å². The van der Waals surface area contributed by atoms with Crippen molar-refractivity contribution in [2.24, 2.45) is 0 Å². The van der Waals surface area contributed by atoms with Crippen molar-refractivity contribution in [2.45, 2.75) is 25.7 Å². The van der Waals surface area contributed by atoms with Gasteiger partial charge < -0.3 is 11.1 Å². The number of amides is 1. The lowest BCUT2D eigenvalue weighted by Crippen LogP contribution is -2.15. The number of thioether (sulfide) groups is 1. The van der Waals surface area contributed by atoms with Crippen LogP contribution in [0.25, 0.3) is 0 Å². The van der Waals surface area contributed by atoms with Gasteiger partial charge in [-0.15, -0.1) is 11.8 Å². The molecule has 0 fully saturated rings. The molecular formula is C17H20N2OS. The molecule has 0 atom stereocenters. The molecular weight excluding hydrogens is 280 g/mol. The van der Waals surface area contributed by atoms with Crippen LogP contribution in [-0.4, -0.2) is 11.7 Å². The van der Waals surface area contributed by atoms with E-state index in [-0.39, 0.29) is 5.91 Å². The fourth-order valence-electron chi connectivity index (χ4n) is 2.09. The molecule has 0 aromatic heterocycles. The number of nitrogen functional groups attached to an aromatic ring is 1. The second-order valence-electron chi connectivity index (χ2n) is 5.20. The summed E-state index contributed by atoms with van der Waals surface area (Å²) in [5, 5.41) is 2.85. The third-order valence-electron chi connectivity index (χ3n) is 3.17. The van der Waals surface area contributed by atoms with E-state index in [1.807, 2.05) is 25.1 Å². The maximum absolute atomic E-state index is 12.0. The molecule has 4 heteroatoms. The van der Waals surface area contributed by atoms with Crippen molar-refractivity contribution in [2.75, 3.05) is 16.8 Å². The van der Waals surface area contributed by atoms with Gasteiger partial charge in [0.15, 0.2) is 0 Å². The molecule has 0 saturated carbocycles. The second kappa shape index (κ2) is 6.68. The summed E-state index contributed by atoms with van der Waals surface area (Å²) < 4.78 is 0. The Morgan fingerprint density at radius 1 is 1.10 bits per heavy atom. The van der Waals surface area contributed by atoms with Crippen LogP contribution >= 0.6 is 11.8 Å². The zero-order chi connectivity index (χ0) is 15.4. The highest BCUT2D eigenvalue weighted by molar-refractivity contribution is 8.00. The van der Waals surface area contributed by atoms with Gasteiger partial charge in [-0.1, -0.05) is 23.8 Å². The number of aryl methyl sites for hydroxylation is 3. The van der Waals surface area contributed by atoms with Gasteiger partial charge in [0, 0.05) is 4.90 Å². The number of carbonyl (C=O) groups excluding carboxylic acids is 1. The lowest BCUT2D eigenvalue weighted by Gasteiger charge is -2.10. The Hall–Kier alpha value is -1.94. The topological polar surface area (TPSA) is 55.1 Å². The van der Waals surface area contributed by atoms with E-state index in [9.17, 15) is 4.79 Å². The third-order valence-corrected chi connectivity index (χ3v) is 4.35. The first kappa shape index (κ1) is 15.4. The molecule has 0 heterocycles. The summed E-state index contributed by atoms with van der Waals surface area (Å²) in [6.07, 6.45) is 0. The van der Waals surface area contributed by atoms with Crippen LogP contribution in [0.5, 0.6) is 0 Å². The Morgan fingerprint density at radius 2 is 1.76 bits per heavy atom. The van der Waals surface area contributed by atoms with Crippen molar-refractivity contribution < 1.29 is 4.79 Å². The number of nitrogens with one attached hydrogen (secondary N) is 1. The van der Waals surface area contributed by atoms with E-state index in [1.165, 1.54) is 22.9 Å². The van der Waals surface area contributed by atoms with Crippen LogP contribution in [0.3, 0.4) is 0 Å². The number of carbonyl (C=O) groups is 1. The first-order valence-corrected chi connectivity index (χ1v) is 7.80. The number of nitrogens with two attached hydrogens (primary N) is 1. The van der Waals surface area contributed by atoms with Gasteiger partial charge >= 0.3 is 0 Å². The molecule has 3 N–H and O–H groups in total. The molecule has 0 bridgehead atoms. The number of benzene rings is 2. The van der Waals surface area contributed by atoms with Crippen LogP contribution < -0.4 is 11.1 Å². The van der Waals surface area contributed by atoms with Gasteiger partial charge in [0.1, 0.15) is 0 Å². The van der Waals surface area contributed by atoms with Crippen LogP contribution in [0, 0.1) is 20.8 Å². The quantitative estimate of drug-likeness (QED) is 0.664. The van der Waals surface area contributed by atoms with Crippen LogP contribution in [0.1, 0.15) is 16.7 Å². The van der Waals surface area contributed by atoms with Crippen molar-refractivity contribution in [3.63, 3.8) is 0 Å². The molecule has 0 aliphatic carbocycles. The smallest absolute Gasteiger partial charge is 0.234 e. The van der Waals surface area contributed by atoms with Gasteiger partial charge in [-0.3, -0.25) is 4.79 Å². The molecule has 2 aromatic rings. The third kappa shape index (κ3) is 4.26. The van der Waals surface area contributed by atoms with Gasteiger partial charge in [0.05, 0.1) is 17.1 Å². The van der Waals surface area contributed by atoms with Crippen molar-refractivity contribution in [3.8, 4) is 0 Å². The average molecular weight is 300 g/mol. The molecule has 0 aliphatic heterocycles. The lowest BCUT2D eigenvalue weighted by molar-refractivity contribution is -0.113. The van der Waals surface area contributed by atoms with Crippen LogP contribution in [0.15, 0.2) is 41.3 Å². The minimum atomic E-state index is -0.0458. The van der Waals surface area contributed by atoms with Crippen molar-refractivity contribution in [3.05, 3.63) is 53.1 Å². The van der Waals surface area contributed by atoms with E-state index in [0.29, 0.717) is 17.1 Å². The lowest BCUT2D eigenvalue weighted by atomic mass is 10.2. The Kier molecular flexibility index (Phi) is 4.91. The zero-order valence-corrected chi connectivity index (χ0v) is 13.4. The Bertz CT molecular complexity index is 668. The van der Waals surface area contributed by atoms with E-state index >= 15 is 0 Å². The Balaban J connectivity index is 1.96. The molecule has 110 valence electrons. The van der Waals surface area contributed by atoms with Crippen LogP contribution in [0.4, 0.5) is 11.4 Å². The van der Waals surface area contributed by atoms with E-state index in [1.54, 1.807) is 0 Å². The average Bonchev–Trinajstić information content (AvgIpc) is 2.41. The molecule has 2 rings (SSSR count). The number of anilines is 2. The summed E-state index contributed by atoms with van der Waals surface area (Å²) in [6.45, 7) is 6.09. The first-order chi connectivity index (χ1) is 9.95. The predicted molar refractivity (Wildman–Crippen MR) is 90.9 cm³/mol. The molecule has 0 aliphatic rings. The Labute approximate surface area is 129 Å². The predicted octanol–water partition coefficient (Wildman–Crippen LogP) is 3.92. The zero-order valence-electron chi connectivity index (χ0n) is 12.6. The molecule has 2 aromatic carbocycles. The van der Waals surface area contributed by atoms with E-state index in [0.717, 1.165) is 10.5 Å². The molecule has 0 saturated heterocycles. The summed E-state index contributed by atoms with van der Waals surface area (Å²) in [7, 11) is 0. The molecule has 21 heavy (non-hydrogen) atoms. The largest absolute Gasteiger partial charge is 0.397 e. The minimum Gasteiger partial charge on any atom is -0.397 e. The van der Waals surface area contributed by atoms with Gasteiger partial charge in [0.25, 0.3) is 0 Å². The van der Waals surface area contributed by atoms with Crippen molar-refractivity contribution >= 4 is 29.0 Å². The number of hydrogen-bond donors (Lipinski definition) is 2. The fraction of sp³-hybridized carbons (Fsp3) is 0.235. The minimum absolute atomic E-state index is 0.0458. The SMILES string of the molecule is Cc1ccc(SCC(=O)Nc2ccc(C)cc2N)c(C)c1. The molecule has 0 unspecified atom stereocenters. The maximum atomic E-state index is 12.0. The van der Waals surface area contributed by atoms with E-state index < -0.39 is 0 Å². The van der Waals surface area contributed by atoms with Gasteiger partial charge in [-0.05, 0) is 50.1 Å². The highest BCUT2D eigenvalue weighted by Crippen LogP contribution is 2.24. The molecule has 0 radical (unpaired) electrons. The monoisotopic (exact) mass is 300 g/mol. The summed E-state index contributed by atoms with van der Waals surface area (Å²) in [6, 6.07) is 11.9. The molecule has 1 amide bonds. The highest BCUT2D eigenvalue weighted by Gasteiger charge is 2.07. The maximum Gasteiger partial charge on any atom is 0.234 e. The van der Waals surface area contributed by atoms with Crippen molar-refractivity contribution in [1.82, 2.24) is 0 Å². The standard InChI is InChI=1S/C17H20N2OS/c1-11-5-7-16(13(3)8-11)21-10-17(20)19-15-6-4-12(2)9-14(15)18/h4-9H,10,18H2,1-3H3,(H,19,20). The summed E-state index contributed by atoms with van der Waals surface area (Å²) in [5.41, 5.74) is 10.7. The summed E-state index contributed by atoms with van der Waals surface area (Å²) in [4.78, 5) is 13.1. The molecule has 3 nitrogen and oxygen atoms in total. The Morgan fingerprint density at radius 3 is 2.43 bits per heavy atom. The van der Waals surface area contributed by atoms with Gasteiger partial charge in [0.2, 0.25) is 5.91 Å². The van der Waals surface area contributed by atoms with Crippen molar-refractivity contribution in [1.29, 1.82) is 0 Å². The number of hydrogen-bond acceptors (Lipinski definition) is 3. The van der Waals surface area contributed by atoms with Crippen LogP contribution in [0.2, 0.25) is 0 Å². The van der Waals surface area contributed by atoms with E-state index in [2.05, 4.69) is 37.4 Å². The van der Waals surface area contributed by atoms with E-state index in [4.69, 9.17) is 5.73 Å². The second-order valence-corrected chi connectivity index (χ2v) is 6.21. The highest BCUT2D eigenvalue weighted by atomic mass is 32.2. The summed E-state index contributed by atoms with van der Waals surface area (Å²) >= 11 is 1.54. The van der Waals surface area contributed by atoms with Gasteiger partial charge in [-0.2, -0.15) is 0 Å². The summed E-state index contributed by atoms with van der Waals surface area (Å²) in [5.74, 6) is 0.326. The van der Waals surface area contributed by atoms with Crippen LogP contribution in [-0.2, 0) is 4.79 Å². The first-order valence-electron chi connectivity index (χ1n) is 6.82. The fourth-order valence-corrected chi connectivity index (χ4v) is 2.90.